The van der Waals surface area contributed by atoms with E-state index >= 15 is 4.39 Å². The van der Waals surface area contributed by atoms with E-state index in [9.17, 15) is 14.7 Å². The van der Waals surface area contributed by atoms with Crippen LogP contribution in [0.15, 0.2) is 60.9 Å². The van der Waals surface area contributed by atoms with E-state index in [1.54, 1.807) is 24.5 Å². The highest BCUT2D eigenvalue weighted by Crippen LogP contribution is 2.48. The van der Waals surface area contributed by atoms with Crippen LogP contribution in [0.25, 0.3) is 22.2 Å². The molecule has 6 rings (SSSR count). The molecule has 1 aliphatic carbocycles. The molecule has 43 heavy (non-hydrogen) atoms. The minimum atomic E-state index is -1.01. The Morgan fingerprint density at radius 3 is 2.60 bits per heavy atom. The number of hydrogen-bond acceptors (Lipinski definition) is 6. The van der Waals surface area contributed by atoms with Gasteiger partial charge >= 0.3 is 5.97 Å². The second-order valence-electron chi connectivity index (χ2n) is 11.9. The van der Waals surface area contributed by atoms with Crippen LogP contribution in [0.5, 0.6) is 5.75 Å². The highest BCUT2D eigenvalue weighted by atomic mass is 19.1. The Labute approximate surface area is 250 Å². The van der Waals surface area contributed by atoms with Crippen LogP contribution in [-0.4, -0.2) is 64.2 Å². The maximum Gasteiger partial charge on any atom is 0.335 e. The number of carboxylic acid groups (broad SMARTS) is 1. The Hall–Kier alpha value is -4.24. The highest BCUT2D eigenvalue weighted by molar-refractivity contribution is 6.00. The molecule has 0 radical (unpaired) electrons. The summed E-state index contributed by atoms with van der Waals surface area (Å²) in [5.74, 6) is -0.616. The number of nitrogens with zero attached hydrogens (tertiary/aromatic N) is 3. The van der Waals surface area contributed by atoms with Gasteiger partial charge in [-0.25, -0.2) is 9.18 Å². The number of aromatic carboxylic acids is 1. The van der Waals surface area contributed by atoms with Crippen LogP contribution in [0.4, 0.5) is 10.1 Å². The van der Waals surface area contributed by atoms with Crippen LogP contribution in [-0.2, 0) is 17.9 Å². The zero-order valence-corrected chi connectivity index (χ0v) is 24.6. The van der Waals surface area contributed by atoms with Crippen LogP contribution >= 0.6 is 0 Å². The Kier molecular flexibility index (Phi) is 8.17. The predicted octanol–water partition coefficient (Wildman–Crippen LogP) is 6.29. The van der Waals surface area contributed by atoms with Crippen molar-refractivity contribution in [3.63, 3.8) is 0 Å². The third-order valence-electron chi connectivity index (χ3n) is 8.64. The second-order valence-corrected chi connectivity index (χ2v) is 11.9. The Bertz CT molecular complexity index is 1650. The molecule has 2 aromatic carbocycles. The maximum absolute atomic E-state index is 15.7. The lowest BCUT2D eigenvalue weighted by molar-refractivity contribution is -0.120. The number of hydrogen-bond donors (Lipinski definition) is 2. The van der Waals surface area contributed by atoms with Gasteiger partial charge in [0.1, 0.15) is 18.5 Å². The largest absolute Gasteiger partial charge is 0.489 e. The molecule has 2 N–H and O–H groups in total. The van der Waals surface area contributed by atoms with E-state index < -0.39 is 18.2 Å². The molecule has 4 aromatic rings. The van der Waals surface area contributed by atoms with Crippen molar-refractivity contribution in [3.05, 3.63) is 77.6 Å². The molecule has 0 saturated heterocycles. The molecule has 0 amide bonds. The van der Waals surface area contributed by atoms with Gasteiger partial charge in [0, 0.05) is 53.1 Å². The number of pyridine rings is 1. The fourth-order valence-electron chi connectivity index (χ4n) is 6.58. The summed E-state index contributed by atoms with van der Waals surface area (Å²) in [6, 6.07) is 14.3. The van der Waals surface area contributed by atoms with E-state index in [1.165, 1.54) is 0 Å². The number of aromatic nitrogens is 2. The second kappa shape index (κ2) is 12.2. The van der Waals surface area contributed by atoms with Crippen molar-refractivity contribution in [3.8, 4) is 17.0 Å². The fraction of sp³-hybridized carbons (Fsp3) is 0.382. The van der Waals surface area contributed by atoms with Crippen LogP contribution in [0.1, 0.15) is 59.5 Å². The van der Waals surface area contributed by atoms with Crippen molar-refractivity contribution in [2.75, 3.05) is 26.0 Å². The van der Waals surface area contributed by atoms with Gasteiger partial charge in [0.25, 0.3) is 0 Å². The molecule has 3 atom stereocenters. The minimum absolute atomic E-state index is 0.0570. The molecule has 1 fully saturated rings. The number of likely N-dealkylation sites (N-methyl/N-ethyl adjacent to an activating group) is 1. The van der Waals surface area contributed by atoms with E-state index in [-0.39, 0.29) is 23.8 Å². The third kappa shape index (κ3) is 5.86. The van der Waals surface area contributed by atoms with Crippen molar-refractivity contribution < 1.29 is 23.8 Å². The number of carbonyl (C=O) groups excluding carboxylic acids is 1. The summed E-state index contributed by atoms with van der Waals surface area (Å²) in [7, 11) is 3.74. The predicted molar refractivity (Wildman–Crippen MR) is 165 cm³/mol. The molecule has 0 spiro atoms. The maximum atomic E-state index is 15.7. The Morgan fingerprint density at radius 1 is 1.07 bits per heavy atom. The molecule has 9 heteroatoms. The first-order valence-corrected chi connectivity index (χ1v) is 14.9. The Morgan fingerprint density at radius 2 is 1.86 bits per heavy atom. The molecule has 3 heterocycles. The van der Waals surface area contributed by atoms with Gasteiger partial charge in [-0.15, -0.1) is 0 Å². The number of carboxylic acids is 1. The summed E-state index contributed by atoms with van der Waals surface area (Å²) in [6.07, 6.45) is 6.00. The van der Waals surface area contributed by atoms with E-state index in [0.29, 0.717) is 31.7 Å². The van der Waals surface area contributed by atoms with Gasteiger partial charge in [0.2, 0.25) is 0 Å². The number of alkyl halides is 1. The molecular formula is C34H37FN4O4. The van der Waals surface area contributed by atoms with E-state index in [2.05, 4.69) is 14.9 Å². The molecule has 2 unspecified atom stereocenters. The number of Topliss-reactive ketones (excluding diaryl/α,β-unsaturated/α-hetero) is 1. The van der Waals surface area contributed by atoms with Crippen molar-refractivity contribution in [1.29, 1.82) is 0 Å². The monoisotopic (exact) mass is 584 g/mol. The number of ketones is 1. The first-order chi connectivity index (χ1) is 20.8. The van der Waals surface area contributed by atoms with Crippen molar-refractivity contribution >= 4 is 28.3 Å². The lowest BCUT2D eigenvalue weighted by atomic mass is 9.80. The smallest absolute Gasteiger partial charge is 0.335 e. The van der Waals surface area contributed by atoms with Gasteiger partial charge < -0.3 is 24.6 Å². The van der Waals surface area contributed by atoms with Crippen LogP contribution < -0.4 is 10.1 Å². The molecule has 2 aromatic heterocycles. The SMILES string of the molecule is CN(C)CC(=O)C1CCn2c(c(C3CCCC[C@@H]3F)c3ccc(C(=O)O)cc32)-c2ccc(OCc3ccncc3)cc2N1. The number of rotatable bonds is 8. The van der Waals surface area contributed by atoms with Gasteiger partial charge in [-0.05, 0) is 80.9 Å². The number of aryl methyl sites for hydroxylation is 1. The number of carbonyl (C=O) groups is 2. The average molecular weight is 585 g/mol. The van der Waals surface area contributed by atoms with Gasteiger partial charge in [-0.2, -0.15) is 0 Å². The quantitative estimate of drug-likeness (QED) is 0.251. The summed E-state index contributed by atoms with van der Waals surface area (Å²) >= 11 is 0. The van der Waals surface area contributed by atoms with Gasteiger partial charge in [0.15, 0.2) is 5.78 Å². The molecular weight excluding hydrogens is 547 g/mol. The highest BCUT2D eigenvalue weighted by Gasteiger charge is 2.35. The summed E-state index contributed by atoms with van der Waals surface area (Å²) in [4.78, 5) is 31.3. The van der Waals surface area contributed by atoms with Gasteiger partial charge in [0.05, 0.1) is 23.8 Å². The number of nitrogens with one attached hydrogen (secondary N) is 1. The average Bonchev–Trinajstić information content (AvgIpc) is 3.29. The molecule has 224 valence electrons. The summed E-state index contributed by atoms with van der Waals surface area (Å²) in [5, 5.41) is 14.2. The Balaban J connectivity index is 1.53. The van der Waals surface area contributed by atoms with Gasteiger partial charge in [-0.3, -0.25) is 9.78 Å². The fourth-order valence-corrected chi connectivity index (χ4v) is 6.58. The van der Waals surface area contributed by atoms with Crippen LogP contribution in [0.3, 0.4) is 0 Å². The zero-order chi connectivity index (χ0) is 30.1. The third-order valence-corrected chi connectivity index (χ3v) is 8.64. The molecule has 1 saturated carbocycles. The summed E-state index contributed by atoms with van der Waals surface area (Å²) in [6.45, 7) is 1.12. The molecule has 1 aliphatic heterocycles. The van der Waals surface area contributed by atoms with E-state index in [4.69, 9.17) is 4.74 Å². The lowest BCUT2D eigenvalue weighted by Crippen LogP contribution is -2.38. The number of ether oxygens (including phenoxy) is 1. The van der Waals surface area contributed by atoms with E-state index in [1.807, 2.05) is 55.4 Å². The number of benzene rings is 2. The first kappa shape index (κ1) is 28.9. The van der Waals surface area contributed by atoms with Crippen molar-refractivity contribution in [2.24, 2.45) is 0 Å². The first-order valence-electron chi connectivity index (χ1n) is 14.9. The van der Waals surface area contributed by atoms with Crippen LogP contribution in [0.2, 0.25) is 0 Å². The standard InChI is InChI=1S/C34H37FN4O4/c1-38(2)19-31(40)28-13-16-39-30-17-22(34(41)42)7-9-26(30)32(24-5-3-4-6-27(24)35)33(39)25-10-8-23(18-29(25)37-28)43-20-21-11-14-36-15-12-21/h7-12,14-15,17-18,24,27-28,37H,3-6,13,16,19-20H2,1-2H3,(H,41,42)/t24?,27-,28?/m0/s1. The molecule has 8 nitrogen and oxygen atoms in total. The summed E-state index contributed by atoms with van der Waals surface area (Å²) < 4.78 is 24.0. The zero-order valence-electron chi connectivity index (χ0n) is 24.6. The molecule has 0 bridgehead atoms. The number of anilines is 1. The minimum Gasteiger partial charge on any atom is -0.489 e. The van der Waals surface area contributed by atoms with E-state index in [0.717, 1.165) is 58.2 Å². The van der Waals surface area contributed by atoms with Gasteiger partial charge in [-0.1, -0.05) is 18.9 Å². The number of fused-ring (bicyclic) bond motifs is 5. The lowest BCUT2D eigenvalue weighted by Gasteiger charge is -2.30. The van der Waals surface area contributed by atoms with Crippen LogP contribution in [0, 0.1) is 0 Å². The number of halogens is 1. The van der Waals surface area contributed by atoms with Crippen molar-refractivity contribution in [1.82, 2.24) is 14.5 Å². The topological polar surface area (TPSA) is 96.7 Å². The molecule has 2 aliphatic rings. The normalized spacial score (nSPS) is 20.0. The summed E-state index contributed by atoms with van der Waals surface area (Å²) in [5.41, 5.74) is 5.31. The van der Waals surface area contributed by atoms with Crippen molar-refractivity contribution in [2.45, 2.75) is 63.4 Å².